The number of hydrogen-bond donors (Lipinski definition) is 4. The van der Waals surface area contributed by atoms with E-state index in [2.05, 4.69) is 20.6 Å². The van der Waals surface area contributed by atoms with Gasteiger partial charge in [0.1, 0.15) is 29.5 Å². The lowest BCUT2D eigenvalue weighted by molar-refractivity contribution is -0.123. The van der Waals surface area contributed by atoms with E-state index in [-0.39, 0.29) is 30.4 Å². The first-order chi connectivity index (χ1) is 18.3. The Bertz CT molecular complexity index is 1230. The number of aromatic nitrogens is 2. The number of amides is 2. The highest BCUT2D eigenvalue weighted by atomic mass is 16.6. The highest BCUT2D eigenvalue weighted by Gasteiger charge is 2.42. The molecule has 3 atom stereocenters. The lowest BCUT2D eigenvalue weighted by Crippen LogP contribution is -2.57. The zero-order chi connectivity index (χ0) is 27.1. The number of hydrogen-bond acceptors (Lipinski definition) is 8. The van der Waals surface area contributed by atoms with Gasteiger partial charge in [0, 0.05) is 25.2 Å². The summed E-state index contributed by atoms with van der Waals surface area (Å²) in [6, 6.07) is 13.9. The van der Waals surface area contributed by atoms with Gasteiger partial charge in [0.15, 0.2) is 0 Å². The number of rotatable bonds is 11. The van der Waals surface area contributed by atoms with Crippen LogP contribution in [0.4, 0.5) is 0 Å². The molecule has 0 radical (unpaired) electrons. The van der Waals surface area contributed by atoms with Crippen LogP contribution in [0.2, 0.25) is 0 Å². The average molecular weight is 517 g/mol. The Morgan fingerprint density at radius 3 is 2.45 bits per heavy atom. The monoisotopic (exact) mass is 517 g/mol. The second kappa shape index (κ2) is 12.5. The Balaban J connectivity index is 1.51. The lowest BCUT2D eigenvalue weighted by atomic mass is 9.74. The van der Waals surface area contributed by atoms with Gasteiger partial charge in [-0.05, 0) is 35.6 Å². The van der Waals surface area contributed by atoms with Crippen molar-refractivity contribution in [2.45, 2.75) is 51.3 Å². The second-order valence-corrected chi connectivity index (χ2v) is 9.71. The summed E-state index contributed by atoms with van der Waals surface area (Å²) >= 11 is 0. The summed E-state index contributed by atoms with van der Waals surface area (Å²) in [7, 11) is -0.762. The van der Waals surface area contributed by atoms with Crippen molar-refractivity contribution in [1.29, 1.82) is 0 Å². The molecule has 0 saturated carbocycles. The van der Waals surface area contributed by atoms with E-state index in [4.69, 9.17) is 15.0 Å². The van der Waals surface area contributed by atoms with E-state index in [9.17, 15) is 14.7 Å². The molecule has 10 nitrogen and oxygen atoms in total. The van der Waals surface area contributed by atoms with Gasteiger partial charge >= 0.3 is 7.12 Å². The Morgan fingerprint density at radius 2 is 1.76 bits per heavy atom. The van der Waals surface area contributed by atoms with E-state index >= 15 is 0 Å². The fraction of sp³-hybridized carbons (Fsp3) is 0.333. The van der Waals surface area contributed by atoms with E-state index < -0.39 is 31.2 Å². The smallest absolute Gasteiger partial charge is 0.522 e. The number of aliphatic hydroxyl groups is 1. The van der Waals surface area contributed by atoms with E-state index in [0.717, 1.165) is 11.1 Å². The first-order valence-corrected chi connectivity index (χ1v) is 12.6. The number of aliphatic hydroxyl groups excluding tert-OH is 1. The molecule has 1 aliphatic rings. The van der Waals surface area contributed by atoms with E-state index in [0.29, 0.717) is 17.9 Å². The average Bonchev–Trinajstić information content (AvgIpc) is 3.32. The summed E-state index contributed by atoms with van der Waals surface area (Å²) in [5.74, 6) is -0.0686. The summed E-state index contributed by atoms with van der Waals surface area (Å²) in [5, 5.41) is 15.4. The van der Waals surface area contributed by atoms with Crippen molar-refractivity contribution in [2.24, 2.45) is 11.7 Å². The summed E-state index contributed by atoms with van der Waals surface area (Å²) in [6.45, 7) is 4.08. The van der Waals surface area contributed by atoms with Crippen molar-refractivity contribution >= 4 is 18.9 Å². The molecule has 2 unspecified atom stereocenters. The zero-order valence-corrected chi connectivity index (χ0v) is 21.4. The van der Waals surface area contributed by atoms with Crippen molar-refractivity contribution in [3.63, 3.8) is 0 Å². The van der Waals surface area contributed by atoms with Gasteiger partial charge in [-0.15, -0.1) is 0 Å². The fourth-order valence-corrected chi connectivity index (χ4v) is 4.29. The number of fused-ring (bicyclic) bond motifs is 1. The van der Waals surface area contributed by atoms with Crippen LogP contribution in [0.5, 0.6) is 11.5 Å². The third kappa shape index (κ3) is 7.30. The molecule has 0 aliphatic carbocycles. The standard InChI is InChI=1S/C27H32BN5O5/c1-17(2)12-24(28-37-22-9-8-19(15-25(29)34)14-23(22)38-28)33-26(35)20(13-18-6-4-3-5-7-18)32-27(36)21-16-30-10-11-31-21/h3-11,14,16-17,20,24-25,34H,12-13,15,29H2,1-2H3,(H,32,36)(H,33,35)/t20?,24-,25?/m0/s1. The molecule has 2 aromatic carbocycles. The minimum Gasteiger partial charge on any atom is -0.522 e. The van der Waals surface area contributed by atoms with Crippen LogP contribution in [0.1, 0.15) is 41.9 Å². The Labute approximate surface area is 222 Å². The molecule has 5 N–H and O–H groups in total. The topological polar surface area (TPSA) is 149 Å². The maximum atomic E-state index is 13.6. The van der Waals surface area contributed by atoms with Crippen molar-refractivity contribution in [3.8, 4) is 11.5 Å². The third-order valence-corrected chi connectivity index (χ3v) is 6.02. The van der Waals surface area contributed by atoms with E-state index in [1.165, 1.54) is 18.6 Å². The number of nitrogens with zero attached hydrogens (tertiary/aromatic N) is 2. The van der Waals surface area contributed by atoms with Crippen LogP contribution in [0.3, 0.4) is 0 Å². The molecule has 4 rings (SSSR count). The molecule has 0 fully saturated rings. The van der Waals surface area contributed by atoms with Crippen LogP contribution in [-0.4, -0.2) is 52.2 Å². The van der Waals surface area contributed by atoms with Crippen LogP contribution >= 0.6 is 0 Å². The van der Waals surface area contributed by atoms with Crippen LogP contribution in [0, 0.1) is 5.92 Å². The van der Waals surface area contributed by atoms with Gasteiger partial charge in [-0.3, -0.25) is 14.6 Å². The molecule has 1 aromatic heterocycles. The second-order valence-electron chi connectivity index (χ2n) is 9.71. The number of nitrogens with two attached hydrogens (primary N) is 1. The molecular weight excluding hydrogens is 485 g/mol. The minimum absolute atomic E-state index is 0.119. The number of nitrogens with one attached hydrogen (secondary N) is 2. The summed E-state index contributed by atoms with van der Waals surface area (Å²) in [6.07, 6.45) is 4.41. The Hall–Kier alpha value is -3.96. The van der Waals surface area contributed by atoms with Crippen molar-refractivity contribution in [2.75, 3.05) is 0 Å². The molecule has 11 heteroatoms. The molecule has 198 valence electrons. The molecule has 1 aliphatic heterocycles. The highest BCUT2D eigenvalue weighted by molar-refractivity contribution is 6.50. The van der Waals surface area contributed by atoms with Gasteiger partial charge in [0.05, 0.1) is 12.1 Å². The van der Waals surface area contributed by atoms with Crippen LogP contribution in [0.15, 0.2) is 67.1 Å². The first kappa shape index (κ1) is 27.1. The van der Waals surface area contributed by atoms with Gasteiger partial charge in [-0.1, -0.05) is 50.2 Å². The van der Waals surface area contributed by atoms with Crippen molar-refractivity contribution in [3.05, 3.63) is 83.9 Å². The normalized spacial score (nSPS) is 14.6. The van der Waals surface area contributed by atoms with Crippen LogP contribution in [0.25, 0.3) is 0 Å². The SMILES string of the molecule is CC(C)C[C@H](NC(=O)C(Cc1ccccc1)NC(=O)c1cnccn1)B1Oc2ccc(CC(N)O)cc2O1. The molecule has 2 heterocycles. The first-order valence-electron chi connectivity index (χ1n) is 12.6. The fourth-order valence-electron chi connectivity index (χ4n) is 4.29. The predicted octanol–water partition coefficient (Wildman–Crippen LogP) is 1.67. The Kier molecular flexibility index (Phi) is 8.93. The van der Waals surface area contributed by atoms with Crippen molar-refractivity contribution in [1.82, 2.24) is 20.6 Å². The van der Waals surface area contributed by atoms with Crippen LogP contribution in [-0.2, 0) is 17.6 Å². The van der Waals surface area contributed by atoms with E-state index in [1.54, 1.807) is 12.1 Å². The molecule has 2 amide bonds. The van der Waals surface area contributed by atoms with E-state index in [1.807, 2.05) is 50.2 Å². The quantitative estimate of drug-likeness (QED) is 0.222. The summed E-state index contributed by atoms with van der Waals surface area (Å²) in [5.41, 5.74) is 7.33. The largest absolute Gasteiger partial charge is 0.618 e. The van der Waals surface area contributed by atoms with Gasteiger partial charge in [-0.2, -0.15) is 0 Å². The van der Waals surface area contributed by atoms with Crippen molar-refractivity contribution < 1.29 is 24.0 Å². The number of benzene rings is 2. The lowest BCUT2D eigenvalue weighted by Gasteiger charge is -2.25. The number of carbonyl (C=O) groups excluding carboxylic acids is 2. The molecule has 0 bridgehead atoms. The zero-order valence-electron chi connectivity index (χ0n) is 21.4. The molecule has 3 aromatic rings. The minimum atomic E-state index is -0.974. The van der Waals surface area contributed by atoms with Gasteiger partial charge in [0.25, 0.3) is 5.91 Å². The van der Waals surface area contributed by atoms with Crippen LogP contribution < -0.4 is 25.7 Å². The Morgan fingerprint density at radius 1 is 1.00 bits per heavy atom. The maximum Gasteiger partial charge on any atom is 0.618 e. The molecule has 0 spiro atoms. The highest BCUT2D eigenvalue weighted by Crippen LogP contribution is 2.35. The van der Waals surface area contributed by atoms with Gasteiger partial charge < -0.3 is 30.8 Å². The number of carbonyl (C=O) groups is 2. The summed E-state index contributed by atoms with van der Waals surface area (Å²) in [4.78, 5) is 34.4. The molecular formula is C27H32BN5O5. The predicted molar refractivity (Wildman–Crippen MR) is 142 cm³/mol. The maximum absolute atomic E-state index is 13.6. The van der Waals surface area contributed by atoms with Gasteiger partial charge in [0.2, 0.25) is 5.91 Å². The summed E-state index contributed by atoms with van der Waals surface area (Å²) < 4.78 is 12.1. The molecule has 0 saturated heterocycles. The third-order valence-electron chi connectivity index (χ3n) is 6.02. The molecule has 38 heavy (non-hydrogen) atoms. The van der Waals surface area contributed by atoms with Gasteiger partial charge in [-0.25, -0.2) is 4.98 Å².